The van der Waals surface area contributed by atoms with E-state index in [1.165, 1.54) is 12.1 Å². The predicted octanol–water partition coefficient (Wildman–Crippen LogP) is 3.34. The molecule has 0 aliphatic carbocycles. The van der Waals surface area contributed by atoms with Crippen LogP contribution in [0, 0.1) is 12.7 Å². The molecular formula is C18H20FN3O2S. The summed E-state index contributed by atoms with van der Waals surface area (Å²) in [5, 5.41) is 0. The van der Waals surface area contributed by atoms with Gasteiger partial charge in [0, 0.05) is 36.4 Å². The van der Waals surface area contributed by atoms with Gasteiger partial charge in [-0.3, -0.25) is 0 Å². The minimum absolute atomic E-state index is 0.0324. The van der Waals surface area contributed by atoms with Crippen LogP contribution in [0.5, 0.6) is 0 Å². The Kier molecular flexibility index (Phi) is 5.43. The van der Waals surface area contributed by atoms with E-state index >= 15 is 0 Å². The van der Waals surface area contributed by atoms with Gasteiger partial charge in [-0.1, -0.05) is 6.07 Å². The first kappa shape index (κ1) is 17.5. The molecule has 1 aromatic heterocycles. The molecule has 3 rings (SSSR count). The van der Waals surface area contributed by atoms with Gasteiger partial charge in [0.05, 0.1) is 0 Å². The monoisotopic (exact) mass is 361 g/mol. The molecule has 0 spiro atoms. The quantitative estimate of drug-likeness (QED) is 0.904. The van der Waals surface area contributed by atoms with Gasteiger partial charge >= 0.3 is 6.09 Å². The molecule has 1 aliphatic heterocycles. The SMILES string of the molecule is Cc1cc(F)ccc1-c1cc(N2CCSCC2)ncc1COC(N)=O. The number of hydrogen-bond donors (Lipinski definition) is 1. The van der Waals surface area contributed by atoms with Gasteiger partial charge in [-0.2, -0.15) is 11.8 Å². The number of amides is 1. The largest absolute Gasteiger partial charge is 0.445 e. The number of benzene rings is 1. The van der Waals surface area contributed by atoms with Crippen LogP contribution in [-0.4, -0.2) is 35.7 Å². The van der Waals surface area contributed by atoms with Crippen molar-refractivity contribution in [2.75, 3.05) is 29.5 Å². The molecule has 25 heavy (non-hydrogen) atoms. The third-order valence-electron chi connectivity index (χ3n) is 4.16. The lowest BCUT2D eigenvalue weighted by Crippen LogP contribution is -2.33. The molecule has 0 bridgehead atoms. The first-order valence-electron chi connectivity index (χ1n) is 8.05. The zero-order valence-electron chi connectivity index (χ0n) is 14.0. The molecule has 0 radical (unpaired) electrons. The first-order valence-corrected chi connectivity index (χ1v) is 9.20. The van der Waals surface area contributed by atoms with Crippen LogP contribution in [0.25, 0.3) is 11.1 Å². The lowest BCUT2D eigenvalue weighted by Gasteiger charge is -2.28. The molecule has 1 aromatic carbocycles. The Bertz CT molecular complexity index is 779. The van der Waals surface area contributed by atoms with Crippen molar-refractivity contribution in [2.24, 2.45) is 5.73 Å². The van der Waals surface area contributed by atoms with Crippen LogP contribution in [0.4, 0.5) is 15.0 Å². The molecule has 1 amide bonds. The Morgan fingerprint density at radius 3 is 2.76 bits per heavy atom. The van der Waals surface area contributed by atoms with E-state index in [-0.39, 0.29) is 12.4 Å². The second-order valence-electron chi connectivity index (χ2n) is 5.87. The topological polar surface area (TPSA) is 68.5 Å². The maximum Gasteiger partial charge on any atom is 0.404 e. The molecule has 0 saturated carbocycles. The number of rotatable bonds is 4. The molecule has 132 valence electrons. The second kappa shape index (κ2) is 7.74. The minimum atomic E-state index is -0.834. The molecule has 0 atom stereocenters. The average Bonchev–Trinajstić information content (AvgIpc) is 2.61. The zero-order chi connectivity index (χ0) is 17.8. The highest BCUT2D eigenvalue weighted by atomic mass is 32.2. The van der Waals surface area contributed by atoms with Gasteiger partial charge in [0.15, 0.2) is 0 Å². The normalized spacial score (nSPS) is 14.4. The third kappa shape index (κ3) is 4.22. The molecule has 1 fully saturated rings. The van der Waals surface area contributed by atoms with Crippen molar-refractivity contribution in [2.45, 2.75) is 13.5 Å². The van der Waals surface area contributed by atoms with Gasteiger partial charge in [-0.05, 0) is 41.8 Å². The fourth-order valence-electron chi connectivity index (χ4n) is 2.88. The number of halogens is 1. The number of hydrogen-bond acceptors (Lipinski definition) is 5. The highest BCUT2D eigenvalue weighted by molar-refractivity contribution is 7.99. The van der Waals surface area contributed by atoms with E-state index in [0.29, 0.717) is 0 Å². The van der Waals surface area contributed by atoms with Gasteiger partial charge in [-0.25, -0.2) is 14.2 Å². The van der Waals surface area contributed by atoms with Crippen LogP contribution < -0.4 is 10.6 Å². The lowest BCUT2D eigenvalue weighted by atomic mass is 9.97. The fourth-order valence-corrected chi connectivity index (χ4v) is 3.79. The van der Waals surface area contributed by atoms with Crippen LogP contribution in [0.2, 0.25) is 0 Å². The average molecular weight is 361 g/mol. The van der Waals surface area contributed by atoms with Crippen molar-refractivity contribution in [1.29, 1.82) is 0 Å². The van der Waals surface area contributed by atoms with Crippen molar-refractivity contribution in [3.63, 3.8) is 0 Å². The molecule has 0 unspecified atom stereocenters. The number of ether oxygens (including phenoxy) is 1. The minimum Gasteiger partial charge on any atom is -0.445 e. The van der Waals surface area contributed by atoms with Crippen LogP contribution in [0.3, 0.4) is 0 Å². The molecule has 1 saturated heterocycles. The van der Waals surface area contributed by atoms with Gasteiger partial charge in [0.1, 0.15) is 18.2 Å². The summed E-state index contributed by atoms with van der Waals surface area (Å²) < 4.78 is 18.4. The van der Waals surface area contributed by atoms with Gasteiger partial charge in [0.25, 0.3) is 0 Å². The Morgan fingerprint density at radius 1 is 1.32 bits per heavy atom. The van der Waals surface area contributed by atoms with Crippen molar-refractivity contribution >= 4 is 23.7 Å². The Labute approximate surface area is 150 Å². The maximum absolute atomic E-state index is 13.5. The number of aryl methyl sites for hydroxylation is 1. The number of anilines is 1. The summed E-state index contributed by atoms with van der Waals surface area (Å²) in [6, 6.07) is 6.64. The summed E-state index contributed by atoms with van der Waals surface area (Å²) in [7, 11) is 0. The van der Waals surface area contributed by atoms with Gasteiger partial charge in [-0.15, -0.1) is 0 Å². The molecule has 1 aliphatic rings. The number of thioether (sulfide) groups is 1. The predicted molar refractivity (Wildman–Crippen MR) is 98.3 cm³/mol. The van der Waals surface area contributed by atoms with Crippen LogP contribution in [0.1, 0.15) is 11.1 Å². The van der Waals surface area contributed by atoms with Crippen LogP contribution >= 0.6 is 11.8 Å². The lowest BCUT2D eigenvalue weighted by molar-refractivity contribution is 0.150. The first-order chi connectivity index (χ1) is 12.0. The van der Waals surface area contributed by atoms with E-state index in [9.17, 15) is 9.18 Å². The molecule has 5 nitrogen and oxygen atoms in total. The van der Waals surface area contributed by atoms with Crippen molar-refractivity contribution in [1.82, 2.24) is 4.98 Å². The summed E-state index contributed by atoms with van der Waals surface area (Å²) in [5.74, 6) is 2.73. The van der Waals surface area contributed by atoms with Crippen LogP contribution in [0.15, 0.2) is 30.5 Å². The van der Waals surface area contributed by atoms with E-state index in [1.807, 2.05) is 24.8 Å². The maximum atomic E-state index is 13.5. The zero-order valence-corrected chi connectivity index (χ0v) is 14.8. The van der Waals surface area contributed by atoms with Crippen molar-refractivity contribution in [3.8, 4) is 11.1 Å². The second-order valence-corrected chi connectivity index (χ2v) is 7.09. The number of aromatic nitrogens is 1. The van der Waals surface area contributed by atoms with Crippen molar-refractivity contribution < 1.29 is 13.9 Å². The number of nitrogens with two attached hydrogens (primary N) is 1. The molecule has 2 aromatic rings. The number of carbonyl (C=O) groups is 1. The summed E-state index contributed by atoms with van der Waals surface area (Å²) >= 11 is 1.93. The third-order valence-corrected chi connectivity index (χ3v) is 5.10. The van der Waals surface area contributed by atoms with E-state index in [2.05, 4.69) is 9.88 Å². The Balaban J connectivity index is 2.01. The highest BCUT2D eigenvalue weighted by Gasteiger charge is 2.17. The molecular weight excluding hydrogens is 341 g/mol. The van der Waals surface area contributed by atoms with E-state index in [0.717, 1.165) is 52.7 Å². The standard InChI is InChI=1S/C18H20FN3O2S/c1-12-8-14(19)2-3-15(12)16-9-17(22-4-6-25-7-5-22)21-10-13(16)11-24-18(20)23/h2-3,8-10H,4-7,11H2,1H3,(H2,20,23). The summed E-state index contributed by atoms with van der Waals surface area (Å²) in [4.78, 5) is 17.7. The summed E-state index contributed by atoms with van der Waals surface area (Å²) in [6.45, 7) is 3.77. The van der Waals surface area contributed by atoms with Crippen molar-refractivity contribution in [3.05, 3.63) is 47.4 Å². The summed E-state index contributed by atoms with van der Waals surface area (Å²) in [6.07, 6.45) is 0.872. The molecule has 2 heterocycles. The summed E-state index contributed by atoms with van der Waals surface area (Å²) in [5.41, 5.74) is 8.40. The van der Waals surface area contributed by atoms with Crippen LogP contribution in [-0.2, 0) is 11.3 Å². The number of carbonyl (C=O) groups excluding carboxylic acids is 1. The van der Waals surface area contributed by atoms with E-state index in [4.69, 9.17) is 10.5 Å². The van der Waals surface area contributed by atoms with Gasteiger partial charge < -0.3 is 15.4 Å². The number of nitrogens with zero attached hydrogens (tertiary/aromatic N) is 2. The molecule has 2 N–H and O–H groups in total. The number of pyridine rings is 1. The highest BCUT2D eigenvalue weighted by Crippen LogP contribution is 2.31. The number of primary amides is 1. The van der Waals surface area contributed by atoms with E-state index < -0.39 is 6.09 Å². The van der Waals surface area contributed by atoms with E-state index in [1.54, 1.807) is 12.3 Å². The Morgan fingerprint density at radius 2 is 2.08 bits per heavy atom. The smallest absolute Gasteiger partial charge is 0.404 e. The Hall–Kier alpha value is -2.28. The fraction of sp³-hybridized carbons (Fsp3) is 0.333. The van der Waals surface area contributed by atoms with Gasteiger partial charge in [0.2, 0.25) is 0 Å². The molecule has 7 heteroatoms.